The Morgan fingerprint density at radius 3 is 2.41 bits per heavy atom. The zero-order chi connectivity index (χ0) is 20.5. The van der Waals surface area contributed by atoms with Gasteiger partial charge in [0, 0.05) is 37.1 Å². The second-order valence-corrected chi connectivity index (χ2v) is 7.40. The lowest BCUT2D eigenvalue weighted by Gasteiger charge is -2.36. The van der Waals surface area contributed by atoms with Gasteiger partial charge in [-0.25, -0.2) is 9.07 Å². The third-order valence-electron chi connectivity index (χ3n) is 5.45. The van der Waals surface area contributed by atoms with Crippen LogP contribution in [0.15, 0.2) is 47.3 Å². The van der Waals surface area contributed by atoms with E-state index in [4.69, 9.17) is 0 Å². The molecule has 6 nitrogen and oxygen atoms in total. The minimum Gasteiger partial charge on any atom is -0.367 e. The number of hydrogen-bond donors (Lipinski definition) is 0. The lowest BCUT2D eigenvalue weighted by Crippen LogP contribution is -2.48. The van der Waals surface area contributed by atoms with Crippen molar-refractivity contribution in [2.24, 2.45) is 0 Å². The normalized spacial score (nSPS) is 15.1. The van der Waals surface area contributed by atoms with Gasteiger partial charge in [0.25, 0.3) is 5.56 Å². The van der Waals surface area contributed by atoms with Crippen molar-refractivity contribution >= 4 is 22.2 Å². The second kappa shape index (κ2) is 7.75. The molecular formula is C22H23FN4O2. The summed E-state index contributed by atoms with van der Waals surface area (Å²) >= 11 is 0. The molecule has 1 saturated heterocycles. The first kappa shape index (κ1) is 19.3. The predicted molar refractivity (Wildman–Crippen MR) is 111 cm³/mol. The van der Waals surface area contributed by atoms with Crippen molar-refractivity contribution in [3.8, 4) is 0 Å². The van der Waals surface area contributed by atoms with E-state index in [1.165, 1.54) is 17.7 Å². The number of anilines is 1. The maximum Gasteiger partial charge on any atom is 0.275 e. The van der Waals surface area contributed by atoms with Gasteiger partial charge in [-0.3, -0.25) is 14.5 Å². The number of aromatic nitrogens is 2. The average molecular weight is 394 g/mol. The van der Waals surface area contributed by atoms with E-state index in [1.54, 1.807) is 12.1 Å². The van der Waals surface area contributed by atoms with E-state index in [2.05, 4.69) is 10.00 Å². The first-order valence-electron chi connectivity index (χ1n) is 9.68. The number of aryl methyl sites for hydroxylation is 1. The van der Waals surface area contributed by atoms with Gasteiger partial charge in [-0.2, -0.15) is 5.10 Å². The predicted octanol–water partition coefficient (Wildman–Crippen LogP) is 2.83. The monoisotopic (exact) mass is 394 g/mol. The summed E-state index contributed by atoms with van der Waals surface area (Å²) in [5.41, 5.74) is 1.61. The highest BCUT2D eigenvalue weighted by Gasteiger charge is 2.21. The van der Waals surface area contributed by atoms with Crippen LogP contribution < -0.4 is 10.5 Å². The molecule has 1 fully saturated rings. The standard InChI is InChI=1S/C22H23FN4O2/c1-15-18-5-3-4-6-19(18)22(29)27(24-15)14-25-9-11-26(12-10-25)21-8-7-17(16(2)28)13-20(21)23/h3-8,13H,9-12,14H2,1-2H3. The Bertz CT molecular complexity index is 1130. The number of Topliss-reactive ketones (excluding diaryl/α,β-unsaturated/α-hetero) is 1. The number of benzene rings is 2. The SMILES string of the molecule is CC(=O)c1ccc(N2CCN(Cn3nc(C)c4ccccc4c3=O)CC2)c(F)c1. The molecule has 29 heavy (non-hydrogen) atoms. The van der Waals surface area contributed by atoms with E-state index < -0.39 is 0 Å². The van der Waals surface area contributed by atoms with Crippen LogP contribution in [0.4, 0.5) is 10.1 Å². The molecule has 1 aromatic heterocycles. The second-order valence-electron chi connectivity index (χ2n) is 7.40. The summed E-state index contributed by atoms with van der Waals surface area (Å²) in [6.07, 6.45) is 0. The van der Waals surface area contributed by atoms with Crippen molar-refractivity contribution in [2.75, 3.05) is 31.1 Å². The van der Waals surface area contributed by atoms with Gasteiger partial charge in [0.15, 0.2) is 5.78 Å². The van der Waals surface area contributed by atoms with Gasteiger partial charge in [-0.05, 0) is 38.1 Å². The Morgan fingerprint density at radius 2 is 1.76 bits per heavy atom. The molecule has 7 heteroatoms. The maximum atomic E-state index is 14.4. The van der Waals surface area contributed by atoms with Crippen LogP contribution >= 0.6 is 0 Å². The largest absolute Gasteiger partial charge is 0.367 e. The topological polar surface area (TPSA) is 58.4 Å². The van der Waals surface area contributed by atoms with Gasteiger partial charge in [-0.15, -0.1) is 0 Å². The first-order valence-corrected chi connectivity index (χ1v) is 9.68. The zero-order valence-corrected chi connectivity index (χ0v) is 16.6. The summed E-state index contributed by atoms with van der Waals surface area (Å²) in [6, 6.07) is 12.1. The molecule has 0 aliphatic carbocycles. The smallest absolute Gasteiger partial charge is 0.275 e. The van der Waals surface area contributed by atoms with Crippen LogP contribution in [0.3, 0.4) is 0 Å². The van der Waals surface area contributed by atoms with Crippen molar-refractivity contribution in [1.82, 2.24) is 14.7 Å². The van der Waals surface area contributed by atoms with Crippen molar-refractivity contribution in [3.05, 3.63) is 69.9 Å². The third-order valence-corrected chi connectivity index (χ3v) is 5.45. The highest BCUT2D eigenvalue weighted by atomic mass is 19.1. The van der Waals surface area contributed by atoms with E-state index in [0.29, 0.717) is 49.5 Å². The summed E-state index contributed by atoms with van der Waals surface area (Å²) in [6.45, 7) is 6.39. The summed E-state index contributed by atoms with van der Waals surface area (Å²) in [5, 5.41) is 6.02. The first-order chi connectivity index (χ1) is 13.9. The highest BCUT2D eigenvalue weighted by Crippen LogP contribution is 2.22. The fraction of sp³-hybridized carbons (Fsp3) is 0.318. The maximum absolute atomic E-state index is 14.4. The highest BCUT2D eigenvalue weighted by molar-refractivity contribution is 5.94. The number of carbonyl (C=O) groups is 1. The number of fused-ring (bicyclic) bond motifs is 1. The number of carbonyl (C=O) groups excluding carboxylic acids is 1. The minimum atomic E-state index is -0.380. The van der Waals surface area contributed by atoms with Gasteiger partial charge < -0.3 is 4.90 Å². The van der Waals surface area contributed by atoms with Gasteiger partial charge in [0.1, 0.15) is 5.82 Å². The van der Waals surface area contributed by atoms with E-state index >= 15 is 0 Å². The lowest BCUT2D eigenvalue weighted by molar-refractivity contribution is 0.101. The molecule has 4 rings (SSSR count). The van der Waals surface area contributed by atoms with Crippen LogP contribution in [0.1, 0.15) is 23.0 Å². The molecule has 0 bridgehead atoms. The Hall–Kier alpha value is -3.06. The van der Waals surface area contributed by atoms with Crippen LogP contribution in [-0.4, -0.2) is 46.6 Å². The molecule has 0 unspecified atom stereocenters. The zero-order valence-electron chi connectivity index (χ0n) is 16.6. The quantitative estimate of drug-likeness (QED) is 0.637. The molecule has 1 aliphatic heterocycles. The fourth-order valence-corrected chi connectivity index (χ4v) is 3.80. The summed E-state index contributed by atoms with van der Waals surface area (Å²) in [4.78, 5) is 28.3. The van der Waals surface area contributed by atoms with E-state index in [-0.39, 0.29) is 17.2 Å². The lowest BCUT2D eigenvalue weighted by atomic mass is 10.1. The van der Waals surface area contributed by atoms with Crippen LogP contribution in [0.2, 0.25) is 0 Å². The van der Waals surface area contributed by atoms with E-state index in [1.807, 2.05) is 36.1 Å². The Morgan fingerprint density at radius 1 is 1.07 bits per heavy atom. The van der Waals surface area contributed by atoms with Gasteiger partial charge >= 0.3 is 0 Å². The summed E-state index contributed by atoms with van der Waals surface area (Å²) in [5.74, 6) is -0.530. The van der Waals surface area contributed by atoms with E-state index in [0.717, 1.165) is 11.1 Å². The molecule has 0 N–H and O–H groups in total. The average Bonchev–Trinajstić information content (AvgIpc) is 2.72. The number of rotatable bonds is 4. The van der Waals surface area contributed by atoms with Crippen LogP contribution in [-0.2, 0) is 6.67 Å². The Kier molecular flexibility index (Phi) is 5.15. The van der Waals surface area contributed by atoms with Gasteiger partial charge in [0.2, 0.25) is 0 Å². The van der Waals surface area contributed by atoms with Crippen LogP contribution in [0, 0.1) is 12.7 Å². The molecule has 0 amide bonds. The molecule has 3 aromatic rings. The molecule has 2 aromatic carbocycles. The minimum absolute atomic E-state index is 0.0977. The van der Waals surface area contributed by atoms with Crippen molar-refractivity contribution in [3.63, 3.8) is 0 Å². The number of hydrogen-bond acceptors (Lipinski definition) is 5. The number of halogens is 1. The molecule has 0 radical (unpaired) electrons. The Balaban J connectivity index is 1.47. The van der Waals surface area contributed by atoms with Crippen molar-refractivity contribution in [2.45, 2.75) is 20.5 Å². The summed E-state index contributed by atoms with van der Waals surface area (Å²) in [7, 11) is 0. The molecule has 0 saturated carbocycles. The van der Waals surface area contributed by atoms with Crippen LogP contribution in [0.25, 0.3) is 10.8 Å². The fourth-order valence-electron chi connectivity index (χ4n) is 3.80. The molecule has 150 valence electrons. The van der Waals surface area contributed by atoms with Crippen molar-refractivity contribution in [1.29, 1.82) is 0 Å². The molecule has 2 heterocycles. The van der Waals surface area contributed by atoms with Gasteiger partial charge in [-0.1, -0.05) is 18.2 Å². The molecule has 0 atom stereocenters. The van der Waals surface area contributed by atoms with Gasteiger partial charge in [0.05, 0.1) is 23.4 Å². The Labute approximate surface area is 168 Å². The number of nitrogens with zero attached hydrogens (tertiary/aromatic N) is 4. The van der Waals surface area contributed by atoms with Crippen LogP contribution in [0.5, 0.6) is 0 Å². The molecule has 1 aliphatic rings. The third kappa shape index (κ3) is 3.78. The number of ketones is 1. The van der Waals surface area contributed by atoms with E-state index in [9.17, 15) is 14.0 Å². The van der Waals surface area contributed by atoms with Crippen molar-refractivity contribution < 1.29 is 9.18 Å². The molecule has 0 spiro atoms. The number of piperazine rings is 1. The molecular weight excluding hydrogens is 371 g/mol. The summed E-state index contributed by atoms with van der Waals surface area (Å²) < 4.78 is 15.9.